The SMILES string of the molecule is C=C1CC2C(O)N(C(=O)OCc3ccc(N)cc3)c3cc(OOC)c(OC)cc3C(=O)N2C1. The summed E-state index contributed by atoms with van der Waals surface area (Å²) in [7, 11) is 2.73. The van der Waals surface area contributed by atoms with Gasteiger partial charge in [0.25, 0.3) is 5.91 Å². The molecule has 2 aromatic rings. The van der Waals surface area contributed by atoms with Crippen LogP contribution in [0.1, 0.15) is 22.3 Å². The number of nitrogens with two attached hydrogens (primary N) is 1. The number of benzene rings is 2. The molecule has 2 aromatic carbocycles. The first-order valence-corrected chi connectivity index (χ1v) is 10.2. The molecule has 3 N–H and O–H groups in total. The molecule has 0 saturated carbocycles. The zero-order chi connectivity index (χ0) is 23.7. The molecule has 0 aliphatic carbocycles. The summed E-state index contributed by atoms with van der Waals surface area (Å²) in [6, 6.07) is 9.03. The molecule has 0 bridgehead atoms. The van der Waals surface area contributed by atoms with Gasteiger partial charge in [-0.05, 0) is 30.2 Å². The Balaban J connectivity index is 1.75. The van der Waals surface area contributed by atoms with Crippen molar-refractivity contribution in [3.05, 3.63) is 59.7 Å². The van der Waals surface area contributed by atoms with E-state index < -0.39 is 18.4 Å². The fraction of sp³-hybridized carbons (Fsp3) is 0.304. The second-order valence-corrected chi connectivity index (χ2v) is 7.80. The normalized spacial score (nSPS) is 19.6. The number of anilines is 2. The number of fused-ring (bicyclic) bond motifs is 2. The molecule has 0 radical (unpaired) electrons. The Labute approximate surface area is 190 Å². The van der Waals surface area contributed by atoms with Gasteiger partial charge in [-0.15, -0.1) is 0 Å². The molecule has 10 heteroatoms. The molecule has 2 heterocycles. The molecule has 174 valence electrons. The number of amides is 2. The van der Waals surface area contributed by atoms with Crippen LogP contribution in [0.25, 0.3) is 0 Å². The van der Waals surface area contributed by atoms with E-state index in [-0.39, 0.29) is 41.8 Å². The van der Waals surface area contributed by atoms with Gasteiger partial charge < -0.3 is 30.1 Å². The minimum Gasteiger partial charge on any atom is -0.493 e. The van der Waals surface area contributed by atoms with Crippen molar-refractivity contribution in [1.82, 2.24) is 4.90 Å². The average Bonchev–Trinajstić information content (AvgIpc) is 3.17. The minimum absolute atomic E-state index is 0.0513. The third-order valence-electron chi connectivity index (χ3n) is 5.65. The highest BCUT2D eigenvalue weighted by molar-refractivity contribution is 6.06. The molecule has 4 rings (SSSR count). The summed E-state index contributed by atoms with van der Waals surface area (Å²) < 4.78 is 10.8. The number of rotatable bonds is 5. The standard InChI is InChI=1S/C23H25N3O7/c1-13-8-18-22(28)26(23(29)32-12-14-4-6-15(24)7-5-14)17-10-20(33-31-3)19(30-2)9-16(17)21(27)25(18)11-13/h4-7,9-10,18,22,28H,1,8,11-12,24H2,2-3H3. The van der Waals surface area contributed by atoms with Crippen LogP contribution in [0, 0.1) is 0 Å². The van der Waals surface area contributed by atoms with Crippen LogP contribution in [0.3, 0.4) is 0 Å². The van der Waals surface area contributed by atoms with E-state index >= 15 is 0 Å². The van der Waals surface area contributed by atoms with Gasteiger partial charge in [0.05, 0.1) is 31.5 Å². The molecule has 0 spiro atoms. The van der Waals surface area contributed by atoms with Gasteiger partial charge in [0.1, 0.15) is 6.61 Å². The van der Waals surface area contributed by atoms with Crippen molar-refractivity contribution in [2.75, 3.05) is 31.4 Å². The van der Waals surface area contributed by atoms with Crippen LogP contribution >= 0.6 is 0 Å². The first-order valence-electron chi connectivity index (χ1n) is 10.2. The molecule has 10 nitrogen and oxygen atoms in total. The summed E-state index contributed by atoms with van der Waals surface area (Å²) in [5.74, 6) is -0.0181. The van der Waals surface area contributed by atoms with Crippen LogP contribution in [-0.2, 0) is 16.2 Å². The highest BCUT2D eigenvalue weighted by Crippen LogP contribution is 2.41. The number of ether oxygens (including phenoxy) is 2. The van der Waals surface area contributed by atoms with E-state index in [0.717, 1.165) is 10.5 Å². The van der Waals surface area contributed by atoms with Gasteiger partial charge in [-0.1, -0.05) is 24.3 Å². The number of hydrogen-bond acceptors (Lipinski definition) is 8. The maximum atomic E-state index is 13.4. The third kappa shape index (κ3) is 4.18. The van der Waals surface area contributed by atoms with Gasteiger partial charge in [0.2, 0.25) is 5.75 Å². The van der Waals surface area contributed by atoms with E-state index in [1.165, 1.54) is 31.3 Å². The van der Waals surface area contributed by atoms with E-state index in [1.807, 2.05) is 0 Å². The molecule has 2 aliphatic heterocycles. The molecule has 2 aliphatic rings. The minimum atomic E-state index is -1.38. The topological polar surface area (TPSA) is 124 Å². The summed E-state index contributed by atoms with van der Waals surface area (Å²) in [5, 5.41) is 11.2. The van der Waals surface area contributed by atoms with Crippen molar-refractivity contribution >= 4 is 23.4 Å². The number of carbonyl (C=O) groups excluding carboxylic acids is 2. The smallest absolute Gasteiger partial charge is 0.416 e. The van der Waals surface area contributed by atoms with Gasteiger partial charge in [-0.3, -0.25) is 4.79 Å². The summed E-state index contributed by atoms with van der Waals surface area (Å²) in [5.41, 5.74) is 8.04. The monoisotopic (exact) mass is 455 g/mol. The van der Waals surface area contributed by atoms with Crippen LogP contribution < -0.4 is 20.3 Å². The maximum Gasteiger partial charge on any atom is 0.416 e. The largest absolute Gasteiger partial charge is 0.493 e. The first kappa shape index (κ1) is 22.4. The summed E-state index contributed by atoms with van der Waals surface area (Å²) >= 11 is 0. The Morgan fingerprint density at radius 2 is 1.94 bits per heavy atom. The highest BCUT2D eigenvalue weighted by atomic mass is 17.2. The summed E-state index contributed by atoms with van der Waals surface area (Å²) in [6.45, 7) is 4.17. The fourth-order valence-corrected chi connectivity index (χ4v) is 4.06. The van der Waals surface area contributed by atoms with Crippen molar-refractivity contribution < 1.29 is 33.9 Å². The highest BCUT2D eigenvalue weighted by Gasteiger charge is 2.46. The zero-order valence-electron chi connectivity index (χ0n) is 18.3. The predicted molar refractivity (Wildman–Crippen MR) is 119 cm³/mol. The van der Waals surface area contributed by atoms with Gasteiger partial charge >= 0.3 is 6.09 Å². The number of carbonyl (C=O) groups is 2. The second kappa shape index (κ2) is 9.00. The Bertz CT molecular complexity index is 1090. The maximum absolute atomic E-state index is 13.4. The summed E-state index contributed by atoms with van der Waals surface area (Å²) in [6.07, 6.45) is -1.86. The van der Waals surface area contributed by atoms with Crippen molar-refractivity contribution in [2.24, 2.45) is 0 Å². The molecular formula is C23H25N3O7. The molecular weight excluding hydrogens is 430 g/mol. The van der Waals surface area contributed by atoms with Gasteiger partial charge in [0, 0.05) is 18.3 Å². The molecule has 1 saturated heterocycles. The third-order valence-corrected chi connectivity index (χ3v) is 5.65. The molecule has 2 amide bonds. The number of nitrogen functional groups attached to an aromatic ring is 1. The van der Waals surface area contributed by atoms with Crippen molar-refractivity contribution in [2.45, 2.75) is 25.3 Å². The predicted octanol–water partition coefficient (Wildman–Crippen LogP) is 2.46. The van der Waals surface area contributed by atoms with Crippen molar-refractivity contribution in [3.8, 4) is 11.5 Å². The van der Waals surface area contributed by atoms with Gasteiger partial charge in [-0.25, -0.2) is 9.69 Å². The Morgan fingerprint density at radius 3 is 2.61 bits per heavy atom. The molecule has 33 heavy (non-hydrogen) atoms. The van der Waals surface area contributed by atoms with E-state index in [0.29, 0.717) is 17.7 Å². The van der Waals surface area contributed by atoms with E-state index in [2.05, 4.69) is 6.58 Å². The lowest BCUT2D eigenvalue weighted by Crippen LogP contribution is -2.50. The Kier molecular flexibility index (Phi) is 6.12. The first-order chi connectivity index (χ1) is 15.8. The van der Waals surface area contributed by atoms with Crippen LogP contribution in [0.5, 0.6) is 11.5 Å². The average molecular weight is 455 g/mol. The number of nitrogens with zero attached hydrogens (tertiary/aromatic N) is 2. The van der Waals surface area contributed by atoms with E-state index in [9.17, 15) is 14.7 Å². The molecule has 0 aromatic heterocycles. The molecule has 2 atom stereocenters. The zero-order valence-corrected chi connectivity index (χ0v) is 18.3. The van der Waals surface area contributed by atoms with Crippen LogP contribution in [0.15, 0.2) is 48.6 Å². The Hall–Kier alpha value is -3.76. The fourth-order valence-electron chi connectivity index (χ4n) is 4.06. The number of aliphatic hydroxyl groups excluding tert-OH is 1. The number of hydrogen-bond donors (Lipinski definition) is 2. The van der Waals surface area contributed by atoms with Crippen LogP contribution in [-0.4, -0.2) is 55.0 Å². The lowest BCUT2D eigenvalue weighted by atomic mass is 10.1. The lowest BCUT2D eigenvalue weighted by molar-refractivity contribution is -0.179. The van der Waals surface area contributed by atoms with Crippen molar-refractivity contribution in [1.29, 1.82) is 0 Å². The van der Waals surface area contributed by atoms with Crippen LogP contribution in [0.2, 0.25) is 0 Å². The summed E-state index contributed by atoms with van der Waals surface area (Å²) in [4.78, 5) is 39.1. The second-order valence-electron chi connectivity index (χ2n) is 7.80. The van der Waals surface area contributed by atoms with Crippen molar-refractivity contribution in [3.63, 3.8) is 0 Å². The molecule has 2 unspecified atom stereocenters. The van der Waals surface area contributed by atoms with E-state index in [4.69, 9.17) is 25.0 Å². The van der Waals surface area contributed by atoms with Gasteiger partial charge in [0.15, 0.2) is 12.0 Å². The quantitative estimate of drug-likeness (QED) is 0.305. The Morgan fingerprint density at radius 1 is 1.21 bits per heavy atom. The number of aliphatic hydroxyl groups is 1. The lowest BCUT2D eigenvalue weighted by Gasteiger charge is -2.31. The van der Waals surface area contributed by atoms with Crippen LogP contribution in [0.4, 0.5) is 16.2 Å². The number of methoxy groups -OCH3 is 1. The van der Waals surface area contributed by atoms with Gasteiger partial charge in [-0.2, -0.15) is 4.89 Å². The van der Waals surface area contributed by atoms with E-state index in [1.54, 1.807) is 24.3 Å². The molecule has 1 fully saturated rings.